The van der Waals surface area contributed by atoms with Crippen LogP contribution >= 0.6 is 0 Å². The smallest absolute Gasteiger partial charge is 0.123 e. The van der Waals surface area contributed by atoms with Crippen molar-refractivity contribution >= 4 is 6.29 Å². The topological polar surface area (TPSA) is 29.1 Å². The van der Waals surface area contributed by atoms with Crippen LogP contribution in [0.5, 0.6) is 0 Å². The third-order valence-electron chi connectivity index (χ3n) is 13.1. The molecule has 4 saturated carbocycles. The van der Waals surface area contributed by atoms with Gasteiger partial charge in [0.15, 0.2) is 0 Å². The average Bonchev–Trinajstić information content (AvgIpc) is 3.05. The Bertz CT molecular complexity index is 930. The van der Waals surface area contributed by atoms with E-state index < -0.39 is 0 Å². The molecular formula is C36H57NO. The summed E-state index contributed by atoms with van der Waals surface area (Å²) in [7, 11) is 0. The standard InChI is InChI=1S/C36H57NO/c1-7-26-22-31-34(32-14-9-8-10-21-37-32)27(23-38)17-19-36(31,6)30-18-20-35(5)28(15-16-29(35)33(26)30)25(4)13-11-12-24(2)3/h8-10,14,21,23-31,33-34,37H,7,11-13,15-20,22H2,1-6H3/t25-,26?,27?,28-,29+,30+,31+,33+,34?,35-,36-/m1/s1. The number of hydrogen-bond acceptors (Lipinski definition) is 2. The summed E-state index contributed by atoms with van der Waals surface area (Å²) >= 11 is 0. The number of nitrogens with one attached hydrogen (secondary N) is 1. The van der Waals surface area contributed by atoms with Gasteiger partial charge in [-0.3, -0.25) is 0 Å². The van der Waals surface area contributed by atoms with E-state index >= 15 is 0 Å². The first-order chi connectivity index (χ1) is 18.2. The number of hydrogen-bond donors (Lipinski definition) is 1. The van der Waals surface area contributed by atoms with Crippen LogP contribution in [0.25, 0.3) is 0 Å². The fourth-order valence-corrected chi connectivity index (χ4v) is 11.3. The Labute approximate surface area is 234 Å². The lowest BCUT2D eigenvalue weighted by Crippen LogP contribution is -2.59. The summed E-state index contributed by atoms with van der Waals surface area (Å²) in [6.45, 7) is 15.2. The summed E-state index contributed by atoms with van der Waals surface area (Å²) < 4.78 is 0. The molecule has 5 rings (SSSR count). The molecule has 0 radical (unpaired) electrons. The Balaban J connectivity index is 1.42. The van der Waals surface area contributed by atoms with Crippen molar-refractivity contribution in [3.8, 4) is 0 Å². The maximum atomic E-state index is 12.4. The van der Waals surface area contributed by atoms with E-state index in [-0.39, 0.29) is 5.92 Å². The van der Waals surface area contributed by atoms with E-state index in [9.17, 15) is 4.79 Å². The predicted molar refractivity (Wildman–Crippen MR) is 160 cm³/mol. The van der Waals surface area contributed by atoms with Gasteiger partial charge in [-0.25, -0.2) is 0 Å². The van der Waals surface area contributed by atoms with Gasteiger partial charge in [0.1, 0.15) is 6.29 Å². The molecule has 4 fully saturated rings. The van der Waals surface area contributed by atoms with Crippen LogP contribution in [0.4, 0.5) is 0 Å². The maximum Gasteiger partial charge on any atom is 0.123 e. The molecule has 0 spiro atoms. The first-order valence-corrected chi connectivity index (χ1v) is 16.5. The Kier molecular flexibility index (Phi) is 8.38. The summed E-state index contributed by atoms with van der Waals surface area (Å²) in [5.74, 6) is 7.14. The molecule has 1 heterocycles. The van der Waals surface area contributed by atoms with Gasteiger partial charge >= 0.3 is 0 Å². The second-order valence-electron chi connectivity index (χ2n) is 15.2. The van der Waals surface area contributed by atoms with Crippen LogP contribution < -0.4 is 5.32 Å². The first kappa shape index (κ1) is 28.2. The van der Waals surface area contributed by atoms with Crippen LogP contribution in [0.1, 0.15) is 112 Å². The van der Waals surface area contributed by atoms with Crippen molar-refractivity contribution in [2.24, 2.45) is 70.0 Å². The van der Waals surface area contributed by atoms with Gasteiger partial charge in [-0.2, -0.15) is 0 Å². The minimum absolute atomic E-state index is 0.150. The summed E-state index contributed by atoms with van der Waals surface area (Å²) in [5.41, 5.74) is 2.17. The zero-order valence-corrected chi connectivity index (χ0v) is 25.4. The lowest BCUT2D eigenvalue weighted by Gasteiger charge is -2.65. The molecule has 5 aliphatic rings. The third-order valence-corrected chi connectivity index (χ3v) is 13.1. The van der Waals surface area contributed by atoms with Gasteiger partial charge in [0, 0.05) is 23.7 Å². The monoisotopic (exact) mass is 519 g/mol. The number of allylic oxidation sites excluding steroid dienone is 5. The van der Waals surface area contributed by atoms with E-state index in [1.54, 1.807) is 0 Å². The van der Waals surface area contributed by atoms with Crippen LogP contribution in [-0.4, -0.2) is 6.29 Å². The molecule has 212 valence electrons. The van der Waals surface area contributed by atoms with Gasteiger partial charge in [0.25, 0.3) is 0 Å². The number of fused-ring (bicyclic) bond motifs is 5. The summed E-state index contributed by atoms with van der Waals surface area (Å²) in [6, 6.07) is 0. The average molecular weight is 520 g/mol. The molecule has 3 unspecified atom stereocenters. The molecule has 0 saturated heterocycles. The summed E-state index contributed by atoms with van der Waals surface area (Å²) in [4.78, 5) is 12.4. The van der Waals surface area contributed by atoms with Gasteiger partial charge in [-0.05, 0) is 115 Å². The summed E-state index contributed by atoms with van der Waals surface area (Å²) in [5, 5.41) is 3.61. The SMILES string of the molecule is CCC1C[C@H]2C(C3=CC=CC=CN3)C(C=O)CC[C@]2(C)[C@H]2CC[C@]3(C)[C@@H]([C@H](C)CCCC(C)C)CC[C@H]3[C@H]12. The van der Waals surface area contributed by atoms with Crippen LogP contribution in [0.15, 0.2) is 36.2 Å². The fraction of sp³-hybridized carbons (Fsp3) is 0.806. The van der Waals surface area contributed by atoms with Crippen molar-refractivity contribution in [2.75, 3.05) is 0 Å². The molecule has 0 amide bonds. The Morgan fingerprint density at radius 2 is 1.71 bits per heavy atom. The van der Waals surface area contributed by atoms with Gasteiger partial charge in [-0.1, -0.05) is 79.4 Å². The van der Waals surface area contributed by atoms with Crippen molar-refractivity contribution < 1.29 is 4.79 Å². The van der Waals surface area contributed by atoms with Crippen molar-refractivity contribution in [2.45, 2.75) is 112 Å². The van der Waals surface area contributed by atoms with Crippen LogP contribution in [0.3, 0.4) is 0 Å². The molecule has 0 aromatic carbocycles. The molecule has 0 bridgehead atoms. The molecule has 38 heavy (non-hydrogen) atoms. The minimum atomic E-state index is 0.150. The second kappa shape index (κ2) is 11.3. The number of rotatable bonds is 8. The van der Waals surface area contributed by atoms with Crippen molar-refractivity contribution in [3.05, 3.63) is 36.2 Å². The van der Waals surface area contributed by atoms with E-state index in [1.165, 1.54) is 76.2 Å². The zero-order valence-electron chi connectivity index (χ0n) is 25.4. The lowest BCUT2D eigenvalue weighted by atomic mass is 9.40. The molecule has 0 aromatic rings. The Morgan fingerprint density at radius 1 is 0.947 bits per heavy atom. The van der Waals surface area contributed by atoms with Crippen LogP contribution in [-0.2, 0) is 4.79 Å². The lowest BCUT2D eigenvalue weighted by molar-refractivity contribution is -0.161. The van der Waals surface area contributed by atoms with Crippen LogP contribution in [0, 0.1) is 70.0 Å². The first-order valence-electron chi connectivity index (χ1n) is 16.5. The van der Waals surface area contributed by atoms with Gasteiger partial charge in [0.2, 0.25) is 0 Å². The van der Waals surface area contributed by atoms with E-state index in [0.717, 1.165) is 47.8 Å². The highest BCUT2D eigenvalue weighted by atomic mass is 16.1. The van der Waals surface area contributed by atoms with Crippen molar-refractivity contribution in [1.82, 2.24) is 5.32 Å². The van der Waals surface area contributed by atoms with E-state index in [1.807, 2.05) is 0 Å². The van der Waals surface area contributed by atoms with Gasteiger partial charge < -0.3 is 10.1 Å². The van der Waals surface area contributed by atoms with Gasteiger partial charge in [-0.15, -0.1) is 0 Å². The van der Waals surface area contributed by atoms with E-state index in [2.05, 4.69) is 77.4 Å². The van der Waals surface area contributed by atoms with E-state index in [4.69, 9.17) is 0 Å². The highest BCUT2D eigenvalue weighted by Crippen LogP contribution is 2.71. The molecular weight excluding hydrogens is 462 g/mol. The molecule has 2 heteroatoms. The Hall–Kier alpha value is -1.31. The zero-order chi connectivity index (χ0) is 27.1. The molecule has 2 nitrogen and oxygen atoms in total. The maximum absolute atomic E-state index is 12.4. The fourth-order valence-electron chi connectivity index (χ4n) is 11.3. The molecule has 1 N–H and O–H groups in total. The molecule has 11 atom stereocenters. The van der Waals surface area contributed by atoms with Crippen molar-refractivity contribution in [1.29, 1.82) is 0 Å². The molecule has 4 aliphatic carbocycles. The normalized spacial score (nSPS) is 44.9. The van der Waals surface area contributed by atoms with E-state index in [0.29, 0.717) is 22.7 Å². The summed E-state index contributed by atoms with van der Waals surface area (Å²) in [6.07, 6.45) is 26.9. The van der Waals surface area contributed by atoms with Gasteiger partial charge in [0.05, 0.1) is 0 Å². The van der Waals surface area contributed by atoms with Crippen LogP contribution in [0.2, 0.25) is 0 Å². The highest BCUT2D eigenvalue weighted by molar-refractivity contribution is 5.56. The minimum Gasteiger partial charge on any atom is -0.365 e. The molecule has 1 aliphatic heterocycles. The second-order valence-corrected chi connectivity index (χ2v) is 15.2. The number of aldehydes is 1. The third kappa shape index (κ3) is 4.79. The number of carbonyl (C=O) groups excluding carboxylic acids is 1. The largest absolute Gasteiger partial charge is 0.365 e. The number of carbonyl (C=O) groups is 1. The van der Waals surface area contributed by atoms with Crippen molar-refractivity contribution in [3.63, 3.8) is 0 Å². The Morgan fingerprint density at radius 3 is 2.45 bits per heavy atom. The quantitative estimate of drug-likeness (QED) is 0.324. The predicted octanol–water partition coefficient (Wildman–Crippen LogP) is 9.34. The highest BCUT2D eigenvalue weighted by Gasteiger charge is 2.64. The molecule has 0 aromatic heterocycles.